The van der Waals surface area contributed by atoms with Crippen molar-refractivity contribution in [2.45, 2.75) is 30.7 Å². The highest BCUT2D eigenvalue weighted by Gasteiger charge is 2.60. The van der Waals surface area contributed by atoms with Crippen molar-refractivity contribution in [1.82, 2.24) is 0 Å². The lowest BCUT2D eigenvalue weighted by Crippen LogP contribution is -2.60. The lowest BCUT2D eigenvalue weighted by molar-refractivity contribution is -0.289. The average molecular weight is 192 g/mol. The number of alkyl halides is 3. The van der Waals surface area contributed by atoms with Crippen LogP contribution in [0.25, 0.3) is 0 Å². The van der Waals surface area contributed by atoms with Crippen molar-refractivity contribution in [1.29, 1.82) is 0 Å². The molecular formula is C5H9ClF3NO. The third-order valence-electron chi connectivity index (χ3n) is 1.73. The molecule has 0 aromatic heterocycles. The first kappa shape index (κ1) is 11.0. The molecule has 1 rings (SSSR count). The zero-order chi connectivity index (χ0) is 7.99. The second-order valence-electron chi connectivity index (χ2n) is 2.70. The Morgan fingerprint density at radius 3 is 1.82 bits per heavy atom. The zero-order valence-corrected chi connectivity index (χ0v) is 6.37. The number of aliphatic hydroxyl groups is 1. The number of nitrogens with two attached hydrogens (primary N) is 1. The third kappa shape index (κ3) is 1.77. The van der Waals surface area contributed by atoms with E-state index in [1.165, 1.54) is 0 Å². The number of hydrogen-bond acceptors (Lipinski definition) is 2. The van der Waals surface area contributed by atoms with Gasteiger partial charge < -0.3 is 10.8 Å². The Labute approximate surface area is 68.0 Å². The molecule has 1 aliphatic carbocycles. The van der Waals surface area contributed by atoms with Crippen molar-refractivity contribution in [2.24, 2.45) is 5.73 Å². The summed E-state index contributed by atoms with van der Waals surface area (Å²) in [5.41, 5.74) is 2.60. The van der Waals surface area contributed by atoms with Crippen molar-refractivity contribution in [2.75, 3.05) is 0 Å². The molecule has 0 aromatic carbocycles. The molecule has 0 heterocycles. The molecule has 0 bridgehead atoms. The van der Waals surface area contributed by atoms with Crippen LogP contribution in [0.4, 0.5) is 13.2 Å². The van der Waals surface area contributed by atoms with Gasteiger partial charge in [0, 0.05) is 18.9 Å². The molecule has 0 saturated heterocycles. The quantitative estimate of drug-likeness (QED) is 0.596. The Bertz CT molecular complexity index is 143. The molecule has 0 aromatic rings. The molecule has 6 heteroatoms. The summed E-state index contributed by atoms with van der Waals surface area (Å²) in [7, 11) is 0. The van der Waals surface area contributed by atoms with Gasteiger partial charge in [-0.15, -0.1) is 12.4 Å². The van der Waals surface area contributed by atoms with E-state index in [-0.39, 0.29) is 25.2 Å². The van der Waals surface area contributed by atoms with Gasteiger partial charge in [0.25, 0.3) is 0 Å². The summed E-state index contributed by atoms with van der Waals surface area (Å²) in [6.07, 6.45) is -5.24. The van der Waals surface area contributed by atoms with Crippen LogP contribution in [-0.2, 0) is 0 Å². The summed E-state index contributed by atoms with van der Waals surface area (Å²) in [4.78, 5) is 0. The van der Waals surface area contributed by atoms with E-state index in [2.05, 4.69) is 0 Å². The minimum atomic E-state index is -4.51. The van der Waals surface area contributed by atoms with Crippen LogP contribution >= 0.6 is 12.4 Å². The van der Waals surface area contributed by atoms with E-state index in [1.807, 2.05) is 0 Å². The molecule has 0 unspecified atom stereocenters. The van der Waals surface area contributed by atoms with Crippen LogP contribution in [0.2, 0.25) is 0 Å². The van der Waals surface area contributed by atoms with Crippen LogP contribution in [0.3, 0.4) is 0 Å². The van der Waals surface area contributed by atoms with Gasteiger partial charge in [0.1, 0.15) is 0 Å². The number of halogens is 4. The normalized spacial score (nSPS) is 37.4. The Kier molecular flexibility index (Phi) is 2.80. The van der Waals surface area contributed by atoms with Crippen LogP contribution < -0.4 is 5.73 Å². The first-order valence-electron chi connectivity index (χ1n) is 2.90. The molecule has 0 amide bonds. The number of rotatable bonds is 0. The summed E-state index contributed by atoms with van der Waals surface area (Å²) < 4.78 is 35.3. The molecule has 1 aliphatic rings. The minimum absolute atomic E-state index is 0. The highest BCUT2D eigenvalue weighted by Crippen LogP contribution is 2.44. The van der Waals surface area contributed by atoms with Crippen molar-refractivity contribution in [3.05, 3.63) is 0 Å². The molecule has 11 heavy (non-hydrogen) atoms. The fourth-order valence-electron chi connectivity index (χ4n) is 1.04. The topological polar surface area (TPSA) is 46.2 Å². The molecule has 0 radical (unpaired) electrons. The first-order valence-corrected chi connectivity index (χ1v) is 2.90. The predicted octanol–water partition coefficient (Wildman–Crippen LogP) is 0.823. The van der Waals surface area contributed by atoms with Crippen molar-refractivity contribution in [3.63, 3.8) is 0 Å². The lowest BCUT2D eigenvalue weighted by atomic mass is 9.76. The second-order valence-corrected chi connectivity index (χ2v) is 2.70. The van der Waals surface area contributed by atoms with Gasteiger partial charge in [-0.05, 0) is 0 Å². The van der Waals surface area contributed by atoms with Gasteiger partial charge in [-0.1, -0.05) is 0 Å². The molecule has 68 valence electrons. The van der Waals surface area contributed by atoms with Gasteiger partial charge >= 0.3 is 6.18 Å². The molecule has 2 nitrogen and oxygen atoms in total. The van der Waals surface area contributed by atoms with Gasteiger partial charge in [-0.3, -0.25) is 0 Å². The van der Waals surface area contributed by atoms with Gasteiger partial charge in [0.05, 0.1) is 0 Å². The van der Waals surface area contributed by atoms with Crippen LogP contribution in [0, 0.1) is 0 Å². The Balaban J connectivity index is 0.000001000. The summed E-state index contributed by atoms with van der Waals surface area (Å²) >= 11 is 0. The highest BCUT2D eigenvalue weighted by atomic mass is 35.5. The summed E-state index contributed by atoms with van der Waals surface area (Å²) in [6, 6.07) is -0.494. The second kappa shape index (κ2) is 2.80. The van der Waals surface area contributed by atoms with E-state index in [4.69, 9.17) is 10.8 Å². The SMILES string of the molecule is Cl.N[C@H]1C[C@](O)(C(F)(F)F)C1. The highest BCUT2D eigenvalue weighted by molar-refractivity contribution is 5.85. The van der Waals surface area contributed by atoms with Crippen LogP contribution in [0.5, 0.6) is 0 Å². The van der Waals surface area contributed by atoms with Crippen LogP contribution in [-0.4, -0.2) is 22.9 Å². The Hall–Kier alpha value is -0.0000000000000000555. The van der Waals surface area contributed by atoms with Crippen LogP contribution in [0.15, 0.2) is 0 Å². The van der Waals surface area contributed by atoms with Crippen LogP contribution in [0.1, 0.15) is 12.8 Å². The molecule has 1 saturated carbocycles. The molecule has 3 N–H and O–H groups in total. The maximum Gasteiger partial charge on any atom is 0.417 e. The first-order chi connectivity index (χ1) is 4.35. The molecule has 1 fully saturated rings. The maximum atomic E-state index is 11.8. The monoisotopic (exact) mass is 191 g/mol. The Morgan fingerprint density at radius 2 is 1.73 bits per heavy atom. The van der Waals surface area contributed by atoms with Gasteiger partial charge in [0.2, 0.25) is 0 Å². The van der Waals surface area contributed by atoms with E-state index in [0.29, 0.717) is 0 Å². The third-order valence-corrected chi connectivity index (χ3v) is 1.73. The fourth-order valence-corrected chi connectivity index (χ4v) is 1.04. The minimum Gasteiger partial charge on any atom is -0.380 e. The lowest BCUT2D eigenvalue weighted by Gasteiger charge is -2.42. The van der Waals surface area contributed by atoms with Gasteiger partial charge in [0.15, 0.2) is 5.60 Å². The predicted molar refractivity (Wildman–Crippen MR) is 35.5 cm³/mol. The Morgan fingerprint density at radius 1 is 1.36 bits per heavy atom. The van der Waals surface area contributed by atoms with Crippen molar-refractivity contribution < 1.29 is 18.3 Å². The van der Waals surface area contributed by atoms with E-state index in [1.54, 1.807) is 0 Å². The maximum absolute atomic E-state index is 11.8. The summed E-state index contributed by atoms with van der Waals surface area (Å²) in [5, 5.41) is 8.71. The molecule has 0 aliphatic heterocycles. The summed E-state index contributed by atoms with van der Waals surface area (Å²) in [6.45, 7) is 0. The average Bonchev–Trinajstić information content (AvgIpc) is 1.58. The zero-order valence-electron chi connectivity index (χ0n) is 5.56. The number of hydrogen-bond donors (Lipinski definition) is 2. The van der Waals surface area contributed by atoms with E-state index in [9.17, 15) is 13.2 Å². The fraction of sp³-hybridized carbons (Fsp3) is 1.00. The summed E-state index contributed by atoms with van der Waals surface area (Å²) in [5.74, 6) is 0. The van der Waals surface area contributed by atoms with Gasteiger partial charge in [-0.25, -0.2) is 0 Å². The van der Waals surface area contributed by atoms with E-state index in [0.717, 1.165) is 0 Å². The largest absolute Gasteiger partial charge is 0.417 e. The molecule has 0 spiro atoms. The molecule has 0 atom stereocenters. The smallest absolute Gasteiger partial charge is 0.380 e. The van der Waals surface area contributed by atoms with E-state index >= 15 is 0 Å². The van der Waals surface area contributed by atoms with Crippen molar-refractivity contribution >= 4 is 12.4 Å². The standard InChI is InChI=1S/C5H8F3NO.ClH/c6-5(7,8)4(10)1-3(9)2-4;/h3,10H,1-2,9H2;1H/t3-,4+;. The van der Waals surface area contributed by atoms with E-state index < -0.39 is 17.8 Å². The van der Waals surface area contributed by atoms with Gasteiger partial charge in [-0.2, -0.15) is 13.2 Å². The molecular weight excluding hydrogens is 183 g/mol. The van der Waals surface area contributed by atoms with Crippen molar-refractivity contribution in [3.8, 4) is 0 Å².